The van der Waals surface area contributed by atoms with Crippen molar-refractivity contribution in [3.8, 4) is 5.75 Å². The zero-order valence-corrected chi connectivity index (χ0v) is 8.67. The molecule has 77 valence electrons. The van der Waals surface area contributed by atoms with Crippen LogP contribution in [0.25, 0.3) is 0 Å². The summed E-state index contributed by atoms with van der Waals surface area (Å²) in [5.74, 6) is 0.649. The predicted molar refractivity (Wildman–Crippen MR) is 53.3 cm³/mol. The zero-order chi connectivity index (χ0) is 10.6. The molecule has 0 bridgehead atoms. The molecule has 1 aromatic carbocycles. The van der Waals surface area contributed by atoms with Gasteiger partial charge in [-0.25, -0.2) is 13.1 Å². The van der Waals surface area contributed by atoms with E-state index in [0.29, 0.717) is 12.4 Å². The largest absolute Gasteiger partial charge is 0.494 e. The number of benzene rings is 1. The fraction of sp³-hybridized carbons (Fsp3) is 0.222. The first-order valence-corrected chi connectivity index (χ1v) is 5.60. The van der Waals surface area contributed by atoms with E-state index in [9.17, 15) is 8.42 Å². The molecule has 0 saturated heterocycles. The van der Waals surface area contributed by atoms with Gasteiger partial charge in [0.05, 0.1) is 11.5 Å². The summed E-state index contributed by atoms with van der Waals surface area (Å²) in [4.78, 5) is 0.177. The zero-order valence-electron chi connectivity index (χ0n) is 7.86. The van der Waals surface area contributed by atoms with Gasteiger partial charge in [0.1, 0.15) is 5.75 Å². The minimum Gasteiger partial charge on any atom is -0.494 e. The van der Waals surface area contributed by atoms with E-state index in [4.69, 9.17) is 4.74 Å². The van der Waals surface area contributed by atoms with Crippen LogP contribution in [0.2, 0.25) is 0 Å². The van der Waals surface area contributed by atoms with E-state index in [0.717, 1.165) is 0 Å². The lowest BCUT2D eigenvalue weighted by Gasteiger charge is -2.04. The third-order valence-electron chi connectivity index (χ3n) is 1.64. The Kier molecular flexibility index (Phi) is 3.49. The van der Waals surface area contributed by atoms with Crippen molar-refractivity contribution < 1.29 is 13.2 Å². The van der Waals surface area contributed by atoms with Crippen molar-refractivity contribution in [2.24, 2.45) is 0 Å². The molecule has 0 amide bonds. The minimum atomic E-state index is -3.45. The van der Waals surface area contributed by atoms with Crippen molar-refractivity contribution in [1.29, 1.82) is 0 Å². The highest BCUT2D eigenvalue weighted by Crippen LogP contribution is 2.15. The topological polar surface area (TPSA) is 55.4 Å². The average Bonchev–Trinajstić information content (AvgIpc) is 2.19. The Morgan fingerprint density at radius 1 is 1.36 bits per heavy atom. The molecular formula is C9H12NO3S. The Balaban J connectivity index is 2.94. The number of nitrogens with one attached hydrogen (secondary N) is 1. The Labute approximate surface area is 84.0 Å². The van der Waals surface area contributed by atoms with Crippen LogP contribution in [0.4, 0.5) is 0 Å². The lowest BCUT2D eigenvalue weighted by Crippen LogP contribution is -2.16. The molecule has 1 radical (unpaired) electrons. The molecule has 0 aliphatic carbocycles. The van der Waals surface area contributed by atoms with Gasteiger partial charge in [-0.3, -0.25) is 0 Å². The standard InChI is InChI=1S/C9H12NO3S/c1-3-13-8-4-6-9(7-5-8)14(11,12)10-2/h4-7,10H,2-3H2,1H3. The molecule has 0 aliphatic heterocycles. The van der Waals surface area contributed by atoms with E-state index in [1.54, 1.807) is 12.1 Å². The summed E-state index contributed by atoms with van der Waals surface area (Å²) >= 11 is 0. The van der Waals surface area contributed by atoms with Crippen LogP contribution in [0, 0.1) is 7.05 Å². The summed E-state index contributed by atoms with van der Waals surface area (Å²) < 4.78 is 29.7. The van der Waals surface area contributed by atoms with Gasteiger partial charge in [0.2, 0.25) is 10.0 Å². The molecule has 1 aromatic rings. The fourth-order valence-corrected chi connectivity index (χ4v) is 1.63. The number of sulfonamides is 1. The van der Waals surface area contributed by atoms with E-state index < -0.39 is 10.0 Å². The van der Waals surface area contributed by atoms with Gasteiger partial charge < -0.3 is 4.74 Å². The van der Waals surface area contributed by atoms with Gasteiger partial charge in [0, 0.05) is 7.05 Å². The monoisotopic (exact) mass is 214 g/mol. The highest BCUT2D eigenvalue weighted by Gasteiger charge is 2.10. The van der Waals surface area contributed by atoms with Crippen LogP contribution in [0.1, 0.15) is 6.92 Å². The second-order valence-electron chi connectivity index (χ2n) is 2.55. The van der Waals surface area contributed by atoms with Gasteiger partial charge in [0.15, 0.2) is 0 Å². The summed E-state index contributed by atoms with van der Waals surface area (Å²) in [6.07, 6.45) is 0. The Hall–Kier alpha value is -1.07. The first-order valence-electron chi connectivity index (χ1n) is 4.12. The molecule has 4 nitrogen and oxygen atoms in total. The minimum absolute atomic E-state index is 0.177. The summed E-state index contributed by atoms with van der Waals surface area (Å²) in [6.45, 7) is 2.42. The van der Waals surface area contributed by atoms with Gasteiger partial charge >= 0.3 is 0 Å². The first kappa shape index (κ1) is 11.0. The van der Waals surface area contributed by atoms with Crippen molar-refractivity contribution in [3.05, 3.63) is 31.3 Å². The number of ether oxygens (including phenoxy) is 1. The summed E-state index contributed by atoms with van der Waals surface area (Å²) in [6, 6.07) is 6.15. The second-order valence-corrected chi connectivity index (χ2v) is 4.32. The Morgan fingerprint density at radius 3 is 2.36 bits per heavy atom. The van der Waals surface area contributed by atoms with Crippen LogP contribution in [0.15, 0.2) is 29.2 Å². The van der Waals surface area contributed by atoms with E-state index in [-0.39, 0.29) is 4.90 Å². The number of hydrogen-bond acceptors (Lipinski definition) is 3. The Bertz CT molecular complexity index is 383. The van der Waals surface area contributed by atoms with Gasteiger partial charge in [-0.1, -0.05) is 0 Å². The molecule has 0 aliphatic rings. The molecule has 0 spiro atoms. The second kappa shape index (κ2) is 4.43. The molecule has 1 N–H and O–H groups in total. The number of hydrogen-bond donors (Lipinski definition) is 1. The van der Waals surface area contributed by atoms with Crippen molar-refractivity contribution in [2.75, 3.05) is 6.61 Å². The van der Waals surface area contributed by atoms with Crippen molar-refractivity contribution >= 4 is 10.0 Å². The molecule has 1 rings (SSSR count). The molecule has 0 saturated carbocycles. The summed E-state index contributed by atoms with van der Waals surface area (Å²) in [7, 11) is -0.323. The third kappa shape index (κ3) is 2.46. The molecule has 5 heteroatoms. The highest BCUT2D eigenvalue weighted by molar-refractivity contribution is 7.89. The van der Waals surface area contributed by atoms with Crippen molar-refractivity contribution in [3.63, 3.8) is 0 Å². The SMILES string of the molecule is [CH2]NS(=O)(=O)c1ccc(OCC)cc1. The molecule has 0 unspecified atom stereocenters. The normalized spacial score (nSPS) is 11.3. The molecule has 14 heavy (non-hydrogen) atoms. The summed E-state index contributed by atoms with van der Waals surface area (Å²) in [5, 5.41) is 0. The van der Waals surface area contributed by atoms with Crippen LogP contribution in [-0.2, 0) is 10.0 Å². The van der Waals surface area contributed by atoms with Crippen molar-refractivity contribution in [1.82, 2.24) is 4.72 Å². The van der Waals surface area contributed by atoms with E-state index in [1.165, 1.54) is 12.1 Å². The quantitative estimate of drug-likeness (QED) is 0.818. The maximum atomic E-state index is 11.3. The lowest BCUT2D eigenvalue weighted by molar-refractivity contribution is 0.340. The molecule has 0 fully saturated rings. The maximum Gasteiger partial charge on any atom is 0.240 e. The number of rotatable bonds is 4. The predicted octanol–water partition coefficient (Wildman–Crippen LogP) is 1.16. The van der Waals surface area contributed by atoms with Crippen molar-refractivity contribution in [2.45, 2.75) is 11.8 Å². The summed E-state index contributed by atoms with van der Waals surface area (Å²) in [5.41, 5.74) is 0. The molecule has 0 atom stereocenters. The van der Waals surface area contributed by atoms with E-state index >= 15 is 0 Å². The van der Waals surface area contributed by atoms with Gasteiger partial charge in [0.25, 0.3) is 0 Å². The smallest absolute Gasteiger partial charge is 0.240 e. The lowest BCUT2D eigenvalue weighted by atomic mass is 10.3. The average molecular weight is 214 g/mol. The molecule has 0 aromatic heterocycles. The van der Waals surface area contributed by atoms with Gasteiger partial charge in [-0.05, 0) is 31.2 Å². The van der Waals surface area contributed by atoms with Crippen LogP contribution in [-0.4, -0.2) is 15.0 Å². The van der Waals surface area contributed by atoms with Gasteiger partial charge in [-0.2, -0.15) is 0 Å². The third-order valence-corrected chi connectivity index (χ3v) is 2.91. The van der Waals surface area contributed by atoms with Gasteiger partial charge in [-0.15, -0.1) is 0 Å². The highest BCUT2D eigenvalue weighted by atomic mass is 32.2. The van der Waals surface area contributed by atoms with Crippen LogP contribution in [0.3, 0.4) is 0 Å². The van der Waals surface area contributed by atoms with E-state index in [1.807, 2.05) is 11.6 Å². The van der Waals surface area contributed by atoms with E-state index in [2.05, 4.69) is 7.05 Å². The Morgan fingerprint density at radius 2 is 1.93 bits per heavy atom. The van der Waals surface area contributed by atoms with Crippen LogP contribution < -0.4 is 9.46 Å². The molecule has 0 heterocycles. The maximum absolute atomic E-state index is 11.3. The molecular weight excluding hydrogens is 202 g/mol. The first-order chi connectivity index (χ1) is 6.60. The van der Waals surface area contributed by atoms with Crippen LogP contribution >= 0.6 is 0 Å². The van der Waals surface area contributed by atoms with Crippen LogP contribution in [0.5, 0.6) is 5.75 Å². The fourth-order valence-electron chi connectivity index (χ4n) is 0.965.